The zero-order valence-corrected chi connectivity index (χ0v) is 18.9. The van der Waals surface area contributed by atoms with Gasteiger partial charge in [-0.15, -0.1) is 10.2 Å². The summed E-state index contributed by atoms with van der Waals surface area (Å²) in [6, 6.07) is 16.5. The van der Waals surface area contributed by atoms with Gasteiger partial charge < -0.3 is 10.2 Å². The molecule has 1 aliphatic heterocycles. The van der Waals surface area contributed by atoms with E-state index in [-0.39, 0.29) is 0 Å². The first kappa shape index (κ1) is 22.0. The van der Waals surface area contributed by atoms with E-state index in [9.17, 15) is 0 Å². The number of pyridine rings is 1. The molecule has 1 fully saturated rings. The highest BCUT2D eigenvalue weighted by molar-refractivity contribution is 5.80. The zero-order valence-electron chi connectivity index (χ0n) is 18.9. The molecule has 3 heterocycles. The predicted octanol–water partition coefficient (Wildman–Crippen LogP) is 2.96. The Morgan fingerprint density at radius 1 is 1.03 bits per heavy atom. The van der Waals surface area contributed by atoms with Gasteiger partial charge in [0.05, 0.1) is 0 Å². The topological polar surface area (TPSA) is 61.1 Å². The molecule has 0 bridgehead atoms. The maximum atomic E-state index is 4.89. The second-order valence-electron chi connectivity index (χ2n) is 7.98. The summed E-state index contributed by atoms with van der Waals surface area (Å²) in [4.78, 5) is 9.76. The normalized spacial score (nSPS) is 15.7. The number of hydrogen-bond acceptors (Lipinski definition) is 4. The van der Waals surface area contributed by atoms with Crippen LogP contribution in [0.2, 0.25) is 0 Å². The number of piperazine rings is 1. The van der Waals surface area contributed by atoms with Crippen molar-refractivity contribution in [1.29, 1.82) is 0 Å². The van der Waals surface area contributed by atoms with Crippen LogP contribution in [0, 0.1) is 0 Å². The van der Waals surface area contributed by atoms with Crippen molar-refractivity contribution in [3.05, 3.63) is 72.2 Å². The van der Waals surface area contributed by atoms with Gasteiger partial charge in [-0.05, 0) is 31.0 Å². The van der Waals surface area contributed by atoms with Crippen LogP contribution in [0.15, 0.2) is 65.8 Å². The molecule has 1 N–H and O–H groups in total. The molecule has 4 rings (SSSR count). The highest BCUT2D eigenvalue weighted by Crippen LogP contribution is 2.07. The summed E-state index contributed by atoms with van der Waals surface area (Å²) in [5, 5.41) is 12.0. The third-order valence-electron chi connectivity index (χ3n) is 5.68. The van der Waals surface area contributed by atoms with Crippen molar-refractivity contribution in [1.82, 2.24) is 29.7 Å². The molecule has 0 amide bonds. The highest BCUT2D eigenvalue weighted by atomic mass is 15.3. The zero-order chi connectivity index (χ0) is 22.0. The molecule has 7 nitrogen and oxygen atoms in total. The van der Waals surface area contributed by atoms with Crippen molar-refractivity contribution in [2.75, 3.05) is 45.8 Å². The van der Waals surface area contributed by atoms with Crippen LogP contribution in [-0.2, 0) is 6.42 Å². The van der Waals surface area contributed by atoms with E-state index in [2.05, 4.69) is 79.1 Å². The Hall–Kier alpha value is -3.19. The van der Waals surface area contributed by atoms with Gasteiger partial charge in [-0.2, -0.15) is 0 Å². The number of hydrogen-bond donors (Lipinski definition) is 1. The molecule has 0 spiro atoms. The van der Waals surface area contributed by atoms with Gasteiger partial charge in [0.2, 0.25) is 0 Å². The summed E-state index contributed by atoms with van der Waals surface area (Å²) in [6.07, 6.45) is 8.31. The number of aliphatic imine (C=N–C) groups is 1. The van der Waals surface area contributed by atoms with Crippen molar-refractivity contribution in [3.63, 3.8) is 0 Å². The predicted molar refractivity (Wildman–Crippen MR) is 131 cm³/mol. The van der Waals surface area contributed by atoms with E-state index in [1.54, 1.807) is 0 Å². The van der Waals surface area contributed by atoms with Crippen molar-refractivity contribution >= 4 is 17.7 Å². The summed E-state index contributed by atoms with van der Waals surface area (Å²) >= 11 is 0. The fourth-order valence-corrected chi connectivity index (χ4v) is 3.95. The molecule has 7 heteroatoms. The fourth-order valence-electron chi connectivity index (χ4n) is 3.95. The lowest BCUT2D eigenvalue weighted by Gasteiger charge is -2.36. The molecule has 0 unspecified atom stereocenters. The molecule has 0 radical (unpaired) electrons. The Balaban J connectivity index is 1.23. The third kappa shape index (κ3) is 5.95. The molecule has 1 aliphatic rings. The molecule has 2 aromatic heterocycles. The van der Waals surface area contributed by atoms with E-state index in [0.29, 0.717) is 0 Å². The van der Waals surface area contributed by atoms with Crippen LogP contribution in [0.4, 0.5) is 0 Å². The Morgan fingerprint density at radius 3 is 2.66 bits per heavy atom. The second kappa shape index (κ2) is 11.4. The Bertz CT molecular complexity index is 1020. The monoisotopic (exact) mass is 431 g/mol. The lowest BCUT2D eigenvalue weighted by atomic mass is 10.2. The molecule has 0 atom stereocenters. The summed E-state index contributed by atoms with van der Waals surface area (Å²) in [5.74, 6) is 2.02. The Morgan fingerprint density at radius 2 is 1.84 bits per heavy atom. The number of benzene rings is 1. The van der Waals surface area contributed by atoms with Crippen LogP contribution >= 0.6 is 0 Å². The van der Waals surface area contributed by atoms with Gasteiger partial charge in [-0.3, -0.25) is 14.3 Å². The first-order valence-electron chi connectivity index (χ1n) is 11.6. The number of aryl methyl sites for hydroxylation is 1. The smallest absolute Gasteiger partial charge is 0.194 e. The van der Waals surface area contributed by atoms with Crippen molar-refractivity contribution < 1.29 is 0 Å². The largest absolute Gasteiger partial charge is 0.357 e. The first-order valence-corrected chi connectivity index (χ1v) is 11.6. The van der Waals surface area contributed by atoms with Gasteiger partial charge in [0, 0.05) is 58.4 Å². The number of guanidine groups is 1. The van der Waals surface area contributed by atoms with Gasteiger partial charge in [-0.1, -0.05) is 48.6 Å². The fraction of sp³-hybridized carbons (Fsp3) is 0.400. The lowest BCUT2D eigenvalue weighted by Crippen LogP contribution is -2.52. The average Bonchev–Trinajstić information content (AvgIpc) is 3.25. The van der Waals surface area contributed by atoms with Gasteiger partial charge in [0.25, 0.3) is 0 Å². The Labute approximate surface area is 190 Å². The number of rotatable bonds is 8. The maximum Gasteiger partial charge on any atom is 0.194 e. The van der Waals surface area contributed by atoms with E-state index in [1.165, 1.54) is 5.56 Å². The standard InChI is InChI=1S/C25H33N7/c1-2-26-25(27-15-8-14-24-29-28-23-13-6-7-17-32(23)24)31-20-18-30(19-21-31)16-9-12-22-10-4-3-5-11-22/h3-7,9-13,17H,2,8,14-16,18-21H2,1H3,(H,26,27)/b12-9+. The van der Waals surface area contributed by atoms with E-state index in [1.807, 2.05) is 24.4 Å². The summed E-state index contributed by atoms with van der Waals surface area (Å²) in [5.41, 5.74) is 2.16. The Kier molecular flexibility index (Phi) is 7.87. The number of fused-ring (bicyclic) bond motifs is 1. The van der Waals surface area contributed by atoms with Crippen LogP contribution in [0.5, 0.6) is 0 Å². The molecular formula is C25H33N7. The molecular weight excluding hydrogens is 398 g/mol. The third-order valence-corrected chi connectivity index (χ3v) is 5.68. The van der Waals surface area contributed by atoms with E-state index >= 15 is 0 Å². The van der Waals surface area contributed by atoms with E-state index in [0.717, 1.165) is 76.1 Å². The molecule has 0 aliphatic carbocycles. The van der Waals surface area contributed by atoms with Crippen LogP contribution in [0.3, 0.4) is 0 Å². The van der Waals surface area contributed by atoms with Crippen LogP contribution in [0.1, 0.15) is 24.7 Å². The van der Waals surface area contributed by atoms with Crippen LogP contribution in [-0.4, -0.2) is 76.2 Å². The van der Waals surface area contributed by atoms with E-state index in [4.69, 9.17) is 4.99 Å². The van der Waals surface area contributed by atoms with Gasteiger partial charge in [-0.25, -0.2) is 0 Å². The number of nitrogens with zero attached hydrogens (tertiary/aromatic N) is 6. The molecule has 0 saturated carbocycles. The van der Waals surface area contributed by atoms with Gasteiger partial charge in [0.15, 0.2) is 11.6 Å². The maximum absolute atomic E-state index is 4.89. The number of aromatic nitrogens is 3. The SMILES string of the molecule is CCNC(=NCCCc1nnc2ccccn12)N1CCN(C/C=C/c2ccccc2)CC1. The van der Waals surface area contributed by atoms with Crippen LogP contribution < -0.4 is 5.32 Å². The summed E-state index contributed by atoms with van der Waals surface area (Å²) < 4.78 is 2.06. The van der Waals surface area contributed by atoms with Crippen molar-refractivity contribution in [2.24, 2.45) is 4.99 Å². The quantitative estimate of drug-likeness (QED) is 0.338. The lowest BCUT2D eigenvalue weighted by molar-refractivity contribution is 0.194. The highest BCUT2D eigenvalue weighted by Gasteiger charge is 2.18. The molecule has 1 aromatic carbocycles. The summed E-state index contributed by atoms with van der Waals surface area (Å²) in [6.45, 7) is 8.88. The van der Waals surface area contributed by atoms with E-state index < -0.39 is 0 Å². The number of nitrogens with one attached hydrogen (secondary N) is 1. The average molecular weight is 432 g/mol. The second-order valence-corrected chi connectivity index (χ2v) is 7.98. The minimum absolute atomic E-state index is 0.782. The first-order chi connectivity index (χ1) is 15.8. The minimum atomic E-state index is 0.782. The van der Waals surface area contributed by atoms with Crippen LogP contribution in [0.25, 0.3) is 11.7 Å². The van der Waals surface area contributed by atoms with Gasteiger partial charge >= 0.3 is 0 Å². The molecule has 168 valence electrons. The molecule has 32 heavy (non-hydrogen) atoms. The minimum Gasteiger partial charge on any atom is -0.357 e. The molecule has 3 aromatic rings. The summed E-state index contributed by atoms with van der Waals surface area (Å²) in [7, 11) is 0. The molecule has 1 saturated heterocycles. The van der Waals surface area contributed by atoms with Crippen molar-refractivity contribution in [2.45, 2.75) is 19.8 Å². The van der Waals surface area contributed by atoms with Gasteiger partial charge in [0.1, 0.15) is 5.82 Å². The van der Waals surface area contributed by atoms with Crippen molar-refractivity contribution in [3.8, 4) is 0 Å².